The van der Waals surface area contributed by atoms with E-state index in [0.717, 1.165) is 6.07 Å². The van der Waals surface area contributed by atoms with Crippen molar-refractivity contribution in [3.05, 3.63) is 59.4 Å². The number of halogens is 1. The number of para-hydroxylation sites is 1. The van der Waals surface area contributed by atoms with Crippen molar-refractivity contribution in [2.24, 2.45) is 0 Å². The smallest absolute Gasteiger partial charge is 0.237 e. The van der Waals surface area contributed by atoms with E-state index in [4.69, 9.17) is 5.73 Å². The summed E-state index contributed by atoms with van der Waals surface area (Å²) in [7, 11) is -3.65. The molecule has 0 aromatic heterocycles. The van der Waals surface area contributed by atoms with Gasteiger partial charge in [0.1, 0.15) is 5.82 Å². The Bertz CT molecular complexity index is 730. The molecule has 0 saturated carbocycles. The molecule has 0 bridgehead atoms. The van der Waals surface area contributed by atoms with Crippen molar-refractivity contribution in [3.8, 4) is 0 Å². The summed E-state index contributed by atoms with van der Waals surface area (Å²) >= 11 is 0. The number of hydrogen-bond donors (Lipinski definition) is 2. The molecule has 20 heavy (non-hydrogen) atoms. The van der Waals surface area contributed by atoms with Crippen LogP contribution < -0.4 is 10.5 Å². The van der Waals surface area contributed by atoms with E-state index in [0.29, 0.717) is 16.8 Å². The van der Waals surface area contributed by atoms with Crippen molar-refractivity contribution in [2.45, 2.75) is 12.7 Å². The highest BCUT2D eigenvalue weighted by atomic mass is 32.2. The van der Waals surface area contributed by atoms with Crippen LogP contribution in [0.4, 0.5) is 15.8 Å². The molecule has 0 unspecified atom stereocenters. The lowest BCUT2D eigenvalue weighted by atomic mass is 10.2. The van der Waals surface area contributed by atoms with Crippen LogP contribution in [-0.4, -0.2) is 8.42 Å². The first-order chi connectivity index (χ1) is 9.37. The molecule has 0 saturated heterocycles. The number of hydrogen-bond acceptors (Lipinski definition) is 3. The summed E-state index contributed by atoms with van der Waals surface area (Å²) in [5, 5.41) is 0. The molecule has 0 radical (unpaired) electrons. The van der Waals surface area contributed by atoms with Gasteiger partial charge in [0.05, 0.1) is 11.4 Å². The largest absolute Gasteiger partial charge is 0.398 e. The van der Waals surface area contributed by atoms with E-state index < -0.39 is 15.8 Å². The van der Waals surface area contributed by atoms with Gasteiger partial charge in [-0.3, -0.25) is 4.72 Å². The second kappa shape index (κ2) is 5.50. The first-order valence-electron chi connectivity index (χ1n) is 5.97. The van der Waals surface area contributed by atoms with E-state index in [1.165, 1.54) is 12.1 Å². The summed E-state index contributed by atoms with van der Waals surface area (Å²) in [4.78, 5) is 0. The van der Waals surface area contributed by atoms with Crippen LogP contribution in [0.3, 0.4) is 0 Å². The molecule has 2 aromatic rings. The molecule has 3 N–H and O–H groups in total. The maximum atomic E-state index is 13.2. The third kappa shape index (κ3) is 3.48. The molecule has 0 spiro atoms. The molecule has 0 fully saturated rings. The van der Waals surface area contributed by atoms with Gasteiger partial charge in [0.2, 0.25) is 10.0 Å². The second-order valence-electron chi connectivity index (χ2n) is 4.52. The highest BCUT2D eigenvalue weighted by molar-refractivity contribution is 7.91. The van der Waals surface area contributed by atoms with E-state index >= 15 is 0 Å². The summed E-state index contributed by atoms with van der Waals surface area (Å²) < 4.78 is 39.7. The molecule has 2 rings (SSSR count). The van der Waals surface area contributed by atoms with Crippen molar-refractivity contribution in [1.29, 1.82) is 0 Å². The average Bonchev–Trinajstić information content (AvgIpc) is 2.36. The van der Waals surface area contributed by atoms with Gasteiger partial charge in [-0.1, -0.05) is 24.3 Å². The molecular formula is C14H15FN2O2S. The highest BCUT2D eigenvalue weighted by Gasteiger charge is 2.15. The number of nitrogens with one attached hydrogen (secondary N) is 1. The van der Waals surface area contributed by atoms with Crippen LogP contribution in [0.1, 0.15) is 11.1 Å². The number of nitrogen functional groups attached to an aromatic ring is 1. The van der Waals surface area contributed by atoms with Crippen molar-refractivity contribution in [2.75, 3.05) is 10.5 Å². The number of aryl methyl sites for hydroxylation is 1. The Morgan fingerprint density at radius 2 is 1.90 bits per heavy atom. The molecule has 0 aliphatic rings. The van der Waals surface area contributed by atoms with E-state index in [1.54, 1.807) is 31.2 Å². The molecule has 106 valence electrons. The Morgan fingerprint density at radius 1 is 1.20 bits per heavy atom. The van der Waals surface area contributed by atoms with Gasteiger partial charge in [0, 0.05) is 5.69 Å². The summed E-state index contributed by atoms with van der Waals surface area (Å²) in [6.45, 7) is 1.70. The van der Waals surface area contributed by atoms with Crippen LogP contribution in [-0.2, 0) is 15.8 Å². The molecule has 0 aliphatic carbocycles. The SMILES string of the molecule is Cc1ccc(F)cc1NS(=O)(=O)Cc1ccccc1N. The average molecular weight is 294 g/mol. The molecular weight excluding hydrogens is 279 g/mol. The molecule has 6 heteroatoms. The molecule has 0 atom stereocenters. The first kappa shape index (κ1) is 14.3. The van der Waals surface area contributed by atoms with Gasteiger partial charge in [-0.25, -0.2) is 12.8 Å². The van der Waals surface area contributed by atoms with Crippen LogP contribution in [0.25, 0.3) is 0 Å². The van der Waals surface area contributed by atoms with Gasteiger partial charge < -0.3 is 5.73 Å². The van der Waals surface area contributed by atoms with Crippen molar-refractivity contribution in [3.63, 3.8) is 0 Å². The number of sulfonamides is 1. The van der Waals surface area contributed by atoms with Crippen molar-refractivity contribution in [1.82, 2.24) is 0 Å². The van der Waals surface area contributed by atoms with Crippen LogP contribution >= 0.6 is 0 Å². The van der Waals surface area contributed by atoms with Gasteiger partial charge >= 0.3 is 0 Å². The number of rotatable bonds is 4. The summed E-state index contributed by atoms with van der Waals surface area (Å²) in [5.41, 5.74) is 7.53. The summed E-state index contributed by atoms with van der Waals surface area (Å²) in [6.07, 6.45) is 0. The highest BCUT2D eigenvalue weighted by Crippen LogP contribution is 2.20. The van der Waals surface area contributed by atoms with Crippen LogP contribution in [0.15, 0.2) is 42.5 Å². The zero-order valence-corrected chi connectivity index (χ0v) is 11.7. The fraction of sp³-hybridized carbons (Fsp3) is 0.143. The van der Waals surface area contributed by atoms with Crippen LogP contribution in [0.2, 0.25) is 0 Å². The standard InChI is InChI=1S/C14H15FN2O2S/c1-10-6-7-12(15)8-14(10)17-20(18,19)9-11-4-2-3-5-13(11)16/h2-8,17H,9,16H2,1H3. The van der Waals surface area contributed by atoms with Gasteiger partial charge in [0.15, 0.2) is 0 Å². The summed E-state index contributed by atoms with van der Waals surface area (Å²) in [5.74, 6) is -0.747. The normalized spacial score (nSPS) is 11.3. The fourth-order valence-corrected chi connectivity index (χ4v) is 3.08. The van der Waals surface area contributed by atoms with Crippen molar-refractivity contribution < 1.29 is 12.8 Å². The molecule has 0 heterocycles. The second-order valence-corrected chi connectivity index (χ2v) is 6.24. The minimum Gasteiger partial charge on any atom is -0.398 e. The predicted molar refractivity (Wildman–Crippen MR) is 78.2 cm³/mol. The zero-order valence-electron chi connectivity index (χ0n) is 10.9. The number of nitrogens with two attached hydrogens (primary N) is 1. The quantitative estimate of drug-likeness (QED) is 0.851. The minimum atomic E-state index is -3.65. The Labute approximate surface area is 117 Å². The molecule has 0 aliphatic heterocycles. The molecule has 2 aromatic carbocycles. The lowest BCUT2D eigenvalue weighted by Gasteiger charge is -2.11. The van der Waals surface area contributed by atoms with Crippen LogP contribution in [0.5, 0.6) is 0 Å². The third-order valence-electron chi connectivity index (χ3n) is 2.87. The van der Waals surface area contributed by atoms with Crippen LogP contribution in [0, 0.1) is 12.7 Å². The van der Waals surface area contributed by atoms with Gasteiger partial charge in [-0.15, -0.1) is 0 Å². The summed E-state index contributed by atoms with van der Waals surface area (Å²) in [6, 6.07) is 10.7. The maximum absolute atomic E-state index is 13.2. The molecule has 4 nitrogen and oxygen atoms in total. The van der Waals surface area contributed by atoms with Gasteiger partial charge in [-0.2, -0.15) is 0 Å². The fourth-order valence-electron chi connectivity index (χ4n) is 1.78. The lowest BCUT2D eigenvalue weighted by molar-refractivity contribution is 0.600. The zero-order chi connectivity index (χ0) is 14.8. The maximum Gasteiger partial charge on any atom is 0.237 e. The Morgan fingerprint density at radius 3 is 2.60 bits per heavy atom. The first-order valence-corrected chi connectivity index (χ1v) is 7.62. The molecule has 0 amide bonds. The topological polar surface area (TPSA) is 72.2 Å². The predicted octanol–water partition coefficient (Wildman–Crippen LogP) is 2.66. The van der Waals surface area contributed by atoms with E-state index in [-0.39, 0.29) is 11.4 Å². The Kier molecular flexibility index (Phi) is 3.94. The van der Waals surface area contributed by atoms with E-state index in [2.05, 4.69) is 4.72 Å². The number of benzene rings is 2. The monoisotopic (exact) mass is 294 g/mol. The number of anilines is 2. The third-order valence-corrected chi connectivity index (χ3v) is 4.09. The minimum absolute atomic E-state index is 0.236. The van der Waals surface area contributed by atoms with E-state index in [1.807, 2.05) is 0 Å². The van der Waals surface area contributed by atoms with Gasteiger partial charge in [-0.05, 0) is 36.2 Å². The van der Waals surface area contributed by atoms with Gasteiger partial charge in [0.25, 0.3) is 0 Å². The van der Waals surface area contributed by atoms with E-state index in [9.17, 15) is 12.8 Å². The Hall–Kier alpha value is -2.08. The Balaban J connectivity index is 2.24. The lowest BCUT2D eigenvalue weighted by Crippen LogP contribution is -2.16. The van der Waals surface area contributed by atoms with Crippen molar-refractivity contribution >= 4 is 21.4 Å².